The molecule has 0 spiro atoms. The molecule has 0 aromatic carbocycles. The number of carboxylic acids is 1. The fourth-order valence-corrected chi connectivity index (χ4v) is 8.34. The van der Waals surface area contributed by atoms with E-state index in [9.17, 15) is 9.90 Å². The number of carbonyl (C=O) groups excluding carboxylic acids is 1. The van der Waals surface area contributed by atoms with Gasteiger partial charge in [-0.15, -0.1) is 0 Å². The average Bonchev–Trinajstić information content (AvgIpc) is 3.15. The minimum absolute atomic E-state index is 0. The first-order chi connectivity index (χ1) is 26.2. The Morgan fingerprint density at radius 3 is 0.593 bits per heavy atom. The Labute approximate surface area is 364 Å². The van der Waals surface area contributed by atoms with Gasteiger partial charge < -0.3 is 9.90 Å². The Hall–Kier alpha value is 0.430. The molecule has 54 heavy (non-hydrogen) atoms. The van der Waals surface area contributed by atoms with Crippen LogP contribution in [0, 0.1) is 0 Å². The third kappa shape index (κ3) is 50.4. The predicted molar refractivity (Wildman–Crippen MR) is 236 cm³/mol. The minimum Gasteiger partial charge on any atom is -0.549 e. The molecule has 0 radical (unpaired) electrons. The number of rotatable bonds is 48. The van der Waals surface area contributed by atoms with Gasteiger partial charge in [0.1, 0.15) is 0 Å². The molecule has 0 saturated carbocycles. The summed E-state index contributed by atoms with van der Waals surface area (Å²) in [6.45, 7) is 6.56. The third-order valence-corrected chi connectivity index (χ3v) is 12.0. The molecule has 0 aromatic heterocycles. The number of hydrogen-bond acceptors (Lipinski definition) is 3. The second kappa shape index (κ2) is 51.4. The van der Waals surface area contributed by atoms with Crippen molar-refractivity contribution in [3.63, 3.8) is 0 Å². The average molecular weight is 770 g/mol. The van der Waals surface area contributed by atoms with Gasteiger partial charge in [0.25, 0.3) is 0 Å². The van der Waals surface area contributed by atoms with Crippen LogP contribution in [-0.4, -0.2) is 30.5 Å². The largest absolute Gasteiger partial charge is 1.00 e. The first-order valence-electron chi connectivity index (χ1n) is 25.1. The summed E-state index contributed by atoms with van der Waals surface area (Å²) in [7, 11) is 0. The molecule has 0 fully saturated rings. The maximum Gasteiger partial charge on any atom is 1.00 e. The van der Waals surface area contributed by atoms with E-state index in [2.05, 4.69) is 18.7 Å². The first kappa shape index (κ1) is 56.5. The van der Waals surface area contributed by atoms with Gasteiger partial charge in [0.15, 0.2) is 0 Å². The van der Waals surface area contributed by atoms with E-state index >= 15 is 0 Å². The molecule has 0 aliphatic heterocycles. The number of carboxylic acid groups (broad SMARTS) is 1. The number of unbranched alkanes of at least 4 members (excludes halogenated alkanes) is 42. The fraction of sp³-hybridized carbons (Fsp3) is 0.980. The minimum atomic E-state index is -0.914. The van der Waals surface area contributed by atoms with E-state index in [-0.39, 0.29) is 36.1 Å². The van der Waals surface area contributed by atoms with Crippen LogP contribution in [0.15, 0.2) is 0 Å². The van der Waals surface area contributed by atoms with Crippen molar-refractivity contribution in [3.05, 3.63) is 0 Å². The van der Waals surface area contributed by atoms with Crippen molar-refractivity contribution in [2.24, 2.45) is 0 Å². The summed E-state index contributed by atoms with van der Waals surface area (Å²) in [5.41, 5.74) is 0. The summed E-state index contributed by atoms with van der Waals surface area (Å²) in [6, 6.07) is 0. The second-order valence-corrected chi connectivity index (χ2v) is 17.5. The van der Waals surface area contributed by atoms with Gasteiger partial charge in [0, 0.05) is 6.54 Å². The molecule has 0 aromatic rings. The summed E-state index contributed by atoms with van der Waals surface area (Å²) in [5.74, 6) is -0.914. The SMILES string of the molecule is CCCCCCCCCCCCCCCCCCCCCCCCN(CCCCCCCCCCCCCCCCCCCCCCCC)CC(=O)[O-].[Na+]. The smallest absolute Gasteiger partial charge is 0.549 e. The van der Waals surface area contributed by atoms with E-state index in [1.807, 2.05) is 0 Å². The molecular weight excluding hydrogens is 670 g/mol. The van der Waals surface area contributed by atoms with E-state index < -0.39 is 5.97 Å². The summed E-state index contributed by atoms with van der Waals surface area (Å²) in [6.07, 6.45) is 61.8. The third-order valence-electron chi connectivity index (χ3n) is 12.0. The molecule has 318 valence electrons. The quantitative estimate of drug-likeness (QED) is 0.0457. The monoisotopic (exact) mass is 770 g/mol. The Morgan fingerprint density at radius 1 is 0.296 bits per heavy atom. The zero-order valence-corrected chi connectivity index (χ0v) is 40.0. The fourth-order valence-electron chi connectivity index (χ4n) is 8.34. The van der Waals surface area contributed by atoms with Gasteiger partial charge in [0.2, 0.25) is 0 Å². The Bertz CT molecular complexity index is 625. The van der Waals surface area contributed by atoms with Gasteiger partial charge in [-0.3, -0.25) is 4.90 Å². The van der Waals surface area contributed by atoms with Crippen LogP contribution >= 0.6 is 0 Å². The predicted octanol–water partition coefficient (Wildman–Crippen LogP) is 13.2. The van der Waals surface area contributed by atoms with Crippen molar-refractivity contribution in [2.45, 2.75) is 296 Å². The molecule has 0 N–H and O–H groups in total. The van der Waals surface area contributed by atoms with Gasteiger partial charge >= 0.3 is 29.6 Å². The topological polar surface area (TPSA) is 43.4 Å². The van der Waals surface area contributed by atoms with Crippen molar-refractivity contribution < 1.29 is 39.5 Å². The van der Waals surface area contributed by atoms with E-state index in [4.69, 9.17) is 0 Å². The van der Waals surface area contributed by atoms with Crippen molar-refractivity contribution >= 4 is 5.97 Å². The summed E-state index contributed by atoms with van der Waals surface area (Å²) < 4.78 is 0. The van der Waals surface area contributed by atoms with Crippen molar-refractivity contribution in [1.29, 1.82) is 0 Å². The number of carbonyl (C=O) groups is 1. The maximum absolute atomic E-state index is 11.3. The zero-order valence-electron chi connectivity index (χ0n) is 38.0. The van der Waals surface area contributed by atoms with Gasteiger partial charge in [-0.25, -0.2) is 0 Å². The van der Waals surface area contributed by atoms with E-state index in [1.54, 1.807) is 0 Å². The van der Waals surface area contributed by atoms with Crippen LogP contribution in [0.5, 0.6) is 0 Å². The van der Waals surface area contributed by atoms with Gasteiger partial charge in [-0.05, 0) is 25.9 Å². The number of nitrogens with zero attached hydrogens (tertiary/aromatic N) is 1. The normalized spacial score (nSPS) is 11.5. The molecule has 0 aliphatic rings. The Kier molecular flexibility index (Phi) is 53.9. The standard InChI is InChI=1S/C50H101NO2.Na/c1-3-5-7-9-11-13-15-17-19-21-23-25-27-29-31-33-35-37-39-41-43-45-47-51(49-50(52)53)48-46-44-42-40-38-36-34-32-30-28-26-24-22-20-18-16-14-12-10-8-6-4-2;/h3-49H2,1-2H3,(H,52,53);/q;+1/p-1. The van der Waals surface area contributed by atoms with Crippen LogP contribution in [-0.2, 0) is 4.79 Å². The van der Waals surface area contributed by atoms with E-state index in [0.717, 1.165) is 25.9 Å². The molecule has 0 atom stereocenters. The molecule has 0 bridgehead atoms. The van der Waals surface area contributed by atoms with Gasteiger partial charge in [-0.2, -0.15) is 0 Å². The van der Waals surface area contributed by atoms with Crippen molar-refractivity contribution in [2.75, 3.05) is 19.6 Å². The maximum atomic E-state index is 11.3. The van der Waals surface area contributed by atoms with Crippen LogP contribution in [0.25, 0.3) is 0 Å². The van der Waals surface area contributed by atoms with Gasteiger partial charge in [0.05, 0.1) is 5.97 Å². The first-order valence-corrected chi connectivity index (χ1v) is 25.1. The molecule has 0 saturated heterocycles. The van der Waals surface area contributed by atoms with Crippen LogP contribution in [0.4, 0.5) is 0 Å². The van der Waals surface area contributed by atoms with Crippen LogP contribution in [0.3, 0.4) is 0 Å². The van der Waals surface area contributed by atoms with Crippen LogP contribution < -0.4 is 34.7 Å². The van der Waals surface area contributed by atoms with Crippen molar-refractivity contribution in [1.82, 2.24) is 4.90 Å². The molecule has 3 nitrogen and oxygen atoms in total. The summed E-state index contributed by atoms with van der Waals surface area (Å²) >= 11 is 0. The molecular formula is C50H100NNaO2. The molecule has 0 aliphatic carbocycles. The zero-order chi connectivity index (χ0) is 38.4. The van der Waals surface area contributed by atoms with E-state index in [0.29, 0.717) is 0 Å². The van der Waals surface area contributed by atoms with Crippen LogP contribution in [0.1, 0.15) is 296 Å². The second-order valence-electron chi connectivity index (χ2n) is 17.5. The molecule has 0 unspecified atom stereocenters. The number of hydrogen-bond donors (Lipinski definition) is 0. The van der Waals surface area contributed by atoms with Gasteiger partial charge in [-0.1, -0.05) is 284 Å². The summed E-state index contributed by atoms with van der Waals surface area (Å²) in [4.78, 5) is 13.4. The van der Waals surface area contributed by atoms with Crippen LogP contribution in [0.2, 0.25) is 0 Å². The Morgan fingerprint density at radius 2 is 0.444 bits per heavy atom. The van der Waals surface area contributed by atoms with Crippen molar-refractivity contribution in [3.8, 4) is 0 Å². The number of aliphatic carboxylic acids is 1. The molecule has 4 heteroatoms. The molecule has 0 rings (SSSR count). The summed E-state index contributed by atoms with van der Waals surface area (Å²) in [5, 5.41) is 11.3. The Balaban J connectivity index is 0. The molecule has 0 amide bonds. The molecule has 0 heterocycles. The van der Waals surface area contributed by atoms with E-state index in [1.165, 1.54) is 270 Å².